The van der Waals surface area contributed by atoms with E-state index in [-0.39, 0.29) is 17.9 Å². The summed E-state index contributed by atoms with van der Waals surface area (Å²) < 4.78 is 5.39. The van der Waals surface area contributed by atoms with Crippen molar-refractivity contribution in [1.29, 1.82) is 0 Å². The smallest absolute Gasteiger partial charge is 0.408 e. The Hall–Kier alpha value is -2.28. The number of hydrogen-bond donors (Lipinski definition) is 3. The number of carboxylic acid groups (broad SMARTS) is 1. The molecule has 0 bridgehead atoms. The summed E-state index contributed by atoms with van der Waals surface area (Å²) in [5, 5.41) is 15.8. The largest absolute Gasteiger partial charge is 0.481 e. The molecular formula is C24H33ClN2O5. The third-order valence-electron chi connectivity index (χ3n) is 6.17. The van der Waals surface area contributed by atoms with Crippen molar-refractivity contribution in [3.63, 3.8) is 0 Å². The summed E-state index contributed by atoms with van der Waals surface area (Å²) >= 11 is 6.02. The van der Waals surface area contributed by atoms with Gasteiger partial charge in [-0.25, -0.2) is 4.79 Å². The van der Waals surface area contributed by atoms with Gasteiger partial charge in [0.2, 0.25) is 5.91 Å². The summed E-state index contributed by atoms with van der Waals surface area (Å²) in [6, 6.07) is 6.51. The number of benzene rings is 1. The van der Waals surface area contributed by atoms with E-state index in [1.165, 1.54) is 0 Å². The second-order valence-electron chi connectivity index (χ2n) is 9.95. The van der Waals surface area contributed by atoms with Crippen LogP contribution in [0.4, 0.5) is 4.79 Å². The number of aliphatic carboxylic acids is 1. The van der Waals surface area contributed by atoms with E-state index in [4.69, 9.17) is 16.3 Å². The van der Waals surface area contributed by atoms with Gasteiger partial charge < -0.3 is 20.5 Å². The van der Waals surface area contributed by atoms with Gasteiger partial charge in [-0.15, -0.1) is 0 Å². The van der Waals surface area contributed by atoms with Crippen molar-refractivity contribution in [2.45, 2.75) is 77.0 Å². The zero-order chi connectivity index (χ0) is 23.5. The molecule has 0 aliphatic heterocycles. The van der Waals surface area contributed by atoms with E-state index in [9.17, 15) is 19.5 Å². The lowest BCUT2D eigenvalue weighted by Crippen LogP contribution is -2.53. The first-order chi connectivity index (χ1) is 15.0. The van der Waals surface area contributed by atoms with E-state index >= 15 is 0 Å². The van der Waals surface area contributed by atoms with Crippen LogP contribution < -0.4 is 10.6 Å². The molecule has 2 atom stereocenters. The fourth-order valence-electron chi connectivity index (χ4n) is 4.35. The Morgan fingerprint density at radius 1 is 0.969 bits per heavy atom. The number of nitrogens with one attached hydrogen (secondary N) is 2. The minimum absolute atomic E-state index is 0.150. The van der Waals surface area contributed by atoms with Crippen LogP contribution in [0.15, 0.2) is 24.3 Å². The molecule has 0 heterocycles. The van der Waals surface area contributed by atoms with Gasteiger partial charge in [0.05, 0.1) is 12.0 Å². The number of hydrogen-bond acceptors (Lipinski definition) is 4. The van der Waals surface area contributed by atoms with Gasteiger partial charge >= 0.3 is 12.1 Å². The van der Waals surface area contributed by atoms with Crippen molar-refractivity contribution in [1.82, 2.24) is 10.6 Å². The van der Waals surface area contributed by atoms with E-state index in [1.54, 1.807) is 20.8 Å². The van der Waals surface area contributed by atoms with Crippen LogP contribution in [0.2, 0.25) is 5.02 Å². The Morgan fingerprint density at radius 2 is 1.53 bits per heavy atom. The normalized spacial score (nSPS) is 23.0. The Morgan fingerprint density at radius 3 is 2.03 bits per heavy atom. The van der Waals surface area contributed by atoms with Gasteiger partial charge in [-0.1, -0.05) is 23.7 Å². The van der Waals surface area contributed by atoms with Crippen molar-refractivity contribution >= 4 is 29.6 Å². The lowest BCUT2D eigenvalue weighted by atomic mass is 9.78. The molecule has 0 radical (unpaired) electrons. The molecule has 2 unspecified atom stereocenters. The molecular weight excluding hydrogens is 432 g/mol. The molecule has 2 amide bonds. The van der Waals surface area contributed by atoms with Crippen LogP contribution in [0.25, 0.3) is 0 Å². The van der Waals surface area contributed by atoms with E-state index in [0.717, 1.165) is 18.4 Å². The molecule has 1 aromatic rings. The molecule has 2 aliphatic carbocycles. The Bertz CT molecular complexity index is 824. The van der Waals surface area contributed by atoms with E-state index < -0.39 is 29.6 Å². The number of carbonyl (C=O) groups excluding carboxylic acids is 2. The van der Waals surface area contributed by atoms with Crippen molar-refractivity contribution in [3.05, 3.63) is 34.9 Å². The monoisotopic (exact) mass is 464 g/mol. The predicted octanol–water partition coefficient (Wildman–Crippen LogP) is 4.69. The zero-order valence-corrected chi connectivity index (χ0v) is 19.7. The maximum absolute atomic E-state index is 13.4. The predicted molar refractivity (Wildman–Crippen MR) is 121 cm³/mol. The van der Waals surface area contributed by atoms with Crippen LogP contribution >= 0.6 is 11.6 Å². The molecule has 2 fully saturated rings. The summed E-state index contributed by atoms with van der Waals surface area (Å²) in [4.78, 5) is 37.3. The van der Waals surface area contributed by atoms with Crippen molar-refractivity contribution < 1.29 is 24.2 Å². The average Bonchev–Trinajstić information content (AvgIpc) is 3.55. The van der Waals surface area contributed by atoms with Crippen molar-refractivity contribution in [2.24, 2.45) is 17.8 Å². The lowest BCUT2D eigenvalue weighted by Gasteiger charge is -2.34. The van der Waals surface area contributed by atoms with Gasteiger partial charge in [-0.2, -0.15) is 0 Å². The van der Waals surface area contributed by atoms with E-state index in [1.807, 2.05) is 24.3 Å². The molecule has 0 aromatic heterocycles. The number of ether oxygens (including phenoxy) is 1. The van der Waals surface area contributed by atoms with Crippen molar-refractivity contribution in [2.75, 3.05) is 0 Å². The Kier molecular flexibility index (Phi) is 7.70. The minimum Gasteiger partial charge on any atom is -0.481 e. The second kappa shape index (κ2) is 10.1. The third-order valence-corrected chi connectivity index (χ3v) is 6.42. The molecule has 1 aromatic carbocycles. The van der Waals surface area contributed by atoms with Gasteiger partial charge in [0.15, 0.2) is 0 Å². The number of amides is 2. The zero-order valence-electron chi connectivity index (χ0n) is 18.9. The fourth-order valence-corrected chi connectivity index (χ4v) is 4.47. The summed E-state index contributed by atoms with van der Waals surface area (Å²) in [7, 11) is 0. The van der Waals surface area contributed by atoms with E-state index in [2.05, 4.69) is 10.6 Å². The summed E-state index contributed by atoms with van der Waals surface area (Å²) in [5.41, 5.74) is 0.294. The average molecular weight is 465 g/mol. The molecule has 32 heavy (non-hydrogen) atoms. The maximum Gasteiger partial charge on any atom is 0.408 e. The number of halogens is 1. The first kappa shape index (κ1) is 24.4. The van der Waals surface area contributed by atoms with Crippen molar-refractivity contribution in [3.8, 4) is 0 Å². The highest BCUT2D eigenvalue weighted by Gasteiger charge is 2.39. The second-order valence-corrected chi connectivity index (χ2v) is 10.4. The SMILES string of the molecule is CC(C)(C)OC(=O)NC(C(=O)NC(c1ccc(Cl)cc1)C1CC1)[C@H]1CC[C@H](C(=O)O)CC1. The standard InChI is InChI=1S/C24H33ClN2O5/c1-24(2,3)32-23(31)27-20(16-6-8-17(9-7-16)22(29)30)21(28)26-19(14-4-5-14)15-10-12-18(25)13-11-15/h10-14,16-17,19-20H,4-9H2,1-3H3,(H,26,28)(H,27,31)(H,29,30)/t16-,17-,19?,20?. The summed E-state index contributed by atoms with van der Waals surface area (Å²) in [6.07, 6.45) is 3.50. The first-order valence-electron chi connectivity index (χ1n) is 11.3. The maximum atomic E-state index is 13.4. The number of carboxylic acids is 1. The highest BCUT2D eigenvalue weighted by atomic mass is 35.5. The Balaban J connectivity index is 1.75. The van der Waals surface area contributed by atoms with Crippen LogP contribution in [-0.4, -0.2) is 34.7 Å². The molecule has 176 valence electrons. The van der Waals surface area contributed by atoms with Gasteiger partial charge in [0.1, 0.15) is 11.6 Å². The molecule has 3 N–H and O–H groups in total. The topological polar surface area (TPSA) is 105 Å². The van der Waals surface area contributed by atoms with Gasteiger partial charge in [0.25, 0.3) is 0 Å². The third kappa shape index (κ3) is 6.86. The number of rotatable bonds is 7. The molecule has 8 heteroatoms. The molecule has 3 rings (SSSR count). The van der Waals surface area contributed by atoms with E-state index in [0.29, 0.717) is 36.6 Å². The van der Waals surface area contributed by atoms with Gasteiger partial charge in [-0.3, -0.25) is 9.59 Å². The molecule has 7 nitrogen and oxygen atoms in total. The van der Waals surface area contributed by atoms with Crippen LogP contribution in [0.1, 0.15) is 70.9 Å². The summed E-state index contributed by atoms with van der Waals surface area (Å²) in [5.74, 6) is -1.26. The van der Waals surface area contributed by atoms with Crippen LogP contribution in [0.5, 0.6) is 0 Å². The minimum atomic E-state index is -0.805. The van der Waals surface area contributed by atoms with Crippen LogP contribution in [-0.2, 0) is 14.3 Å². The summed E-state index contributed by atoms with van der Waals surface area (Å²) in [6.45, 7) is 5.30. The fraction of sp³-hybridized carbons (Fsp3) is 0.625. The molecule has 0 saturated heterocycles. The highest BCUT2D eigenvalue weighted by molar-refractivity contribution is 6.30. The first-order valence-corrected chi connectivity index (χ1v) is 11.7. The molecule has 2 saturated carbocycles. The molecule has 0 spiro atoms. The Labute approximate surface area is 194 Å². The number of alkyl carbamates (subject to hydrolysis) is 1. The van der Waals surface area contributed by atoms with Crippen LogP contribution in [0.3, 0.4) is 0 Å². The van der Waals surface area contributed by atoms with Crippen LogP contribution in [0, 0.1) is 17.8 Å². The van der Waals surface area contributed by atoms with Gasteiger partial charge in [0, 0.05) is 5.02 Å². The molecule has 2 aliphatic rings. The highest BCUT2D eigenvalue weighted by Crippen LogP contribution is 2.41. The lowest BCUT2D eigenvalue weighted by molar-refractivity contribution is -0.143. The van der Waals surface area contributed by atoms with Gasteiger partial charge in [-0.05, 0) is 88.8 Å². The quantitative estimate of drug-likeness (QED) is 0.542. The number of carbonyl (C=O) groups is 3.